The van der Waals surface area contributed by atoms with Gasteiger partial charge in [-0.15, -0.1) is 0 Å². The first-order valence-electron chi connectivity index (χ1n) is 15.5. The van der Waals surface area contributed by atoms with Gasteiger partial charge in [0, 0.05) is 28.1 Å². The standard InChI is InChI=1S/C40H32N4/c1-3-13-27(14-4-1)31-19-11-23-37(41-31)43-33-21-9-7-17-29(33)39-35(43)25-26-36-40(39)30-18-8-10-22-34(30)44(36)38-24-12-20-32(42-38)28-15-5-2-6-16-28/h1-26,29,31,33,38,41-42H. The molecule has 4 heteroatoms. The van der Waals surface area contributed by atoms with Gasteiger partial charge in [0.25, 0.3) is 0 Å². The molecule has 3 aliphatic heterocycles. The number of nitrogens with one attached hydrogen (secondary N) is 2. The highest BCUT2D eigenvalue weighted by Crippen LogP contribution is 2.51. The second kappa shape index (κ2) is 10.1. The number of aromatic nitrogens is 1. The van der Waals surface area contributed by atoms with Crippen LogP contribution in [-0.4, -0.2) is 10.6 Å². The molecule has 0 bridgehead atoms. The molecule has 4 unspecified atom stereocenters. The van der Waals surface area contributed by atoms with E-state index in [0.717, 1.165) is 11.5 Å². The summed E-state index contributed by atoms with van der Waals surface area (Å²) in [5, 5.41) is 10.3. The molecule has 9 rings (SSSR count). The number of allylic oxidation sites excluding steroid dienone is 6. The lowest BCUT2D eigenvalue weighted by molar-refractivity contribution is 0.589. The summed E-state index contributed by atoms with van der Waals surface area (Å²) in [5.41, 5.74) is 8.74. The van der Waals surface area contributed by atoms with Crippen LogP contribution in [0.25, 0.3) is 27.5 Å². The summed E-state index contributed by atoms with van der Waals surface area (Å²) in [6, 6.07) is 35.1. The van der Waals surface area contributed by atoms with Crippen molar-refractivity contribution in [2.75, 3.05) is 4.90 Å². The molecule has 4 heterocycles. The van der Waals surface area contributed by atoms with E-state index in [1.54, 1.807) is 0 Å². The second-order valence-electron chi connectivity index (χ2n) is 11.8. The Labute approximate surface area is 257 Å². The Hall–Kier alpha value is -5.48. The van der Waals surface area contributed by atoms with Gasteiger partial charge in [-0.3, -0.25) is 0 Å². The van der Waals surface area contributed by atoms with E-state index in [1.165, 1.54) is 44.2 Å². The van der Waals surface area contributed by atoms with E-state index < -0.39 is 0 Å². The summed E-state index contributed by atoms with van der Waals surface area (Å²) in [7, 11) is 0. The molecule has 1 aromatic heterocycles. The van der Waals surface area contributed by atoms with Crippen LogP contribution in [0, 0.1) is 0 Å². The van der Waals surface area contributed by atoms with Crippen molar-refractivity contribution in [3.05, 3.63) is 180 Å². The molecular formula is C40H32N4. The Bertz CT molecular complexity index is 2090. The SMILES string of the molecule is C1=CC(c2ccccc2)NC(N2c3ccc4c(c3C3C=CC=CC32)c2ccccc2n4C2C=CC=C(c3ccccc3)N2)=C1. The minimum Gasteiger partial charge on any atom is -0.361 e. The first-order valence-corrected chi connectivity index (χ1v) is 15.5. The average Bonchev–Trinajstić information content (AvgIpc) is 3.62. The van der Waals surface area contributed by atoms with Gasteiger partial charge in [0.1, 0.15) is 12.0 Å². The maximum Gasteiger partial charge on any atom is 0.123 e. The van der Waals surface area contributed by atoms with E-state index in [9.17, 15) is 0 Å². The van der Waals surface area contributed by atoms with E-state index in [0.29, 0.717) is 0 Å². The monoisotopic (exact) mass is 568 g/mol. The van der Waals surface area contributed by atoms with Gasteiger partial charge >= 0.3 is 0 Å². The molecule has 1 aliphatic carbocycles. The van der Waals surface area contributed by atoms with Crippen LogP contribution in [-0.2, 0) is 0 Å². The van der Waals surface area contributed by atoms with Crippen LogP contribution >= 0.6 is 0 Å². The fourth-order valence-electron chi connectivity index (χ4n) is 7.49. The lowest BCUT2D eigenvalue weighted by atomic mass is 9.88. The summed E-state index contributed by atoms with van der Waals surface area (Å²) < 4.78 is 2.48. The van der Waals surface area contributed by atoms with Gasteiger partial charge in [0.05, 0.1) is 23.1 Å². The van der Waals surface area contributed by atoms with Crippen molar-refractivity contribution in [2.24, 2.45) is 0 Å². The van der Waals surface area contributed by atoms with Crippen LogP contribution in [0.2, 0.25) is 0 Å². The molecule has 0 spiro atoms. The number of rotatable bonds is 4. The zero-order chi connectivity index (χ0) is 29.0. The van der Waals surface area contributed by atoms with Gasteiger partial charge in [0.15, 0.2) is 0 Å². The third kappa shape index (κ3) is 3.84. The summed E-state index contributed by atoms with van der Waals surface area (Å²) in [4.78, 5) is 2.51. The predicted octanol–water partition coefficient (Wildman–Crippen LogP) is 8.63. The molecule has 4 aromatic carbocycles. The number of benzene rings is 4. The van der Waals surface area contributed by atoms with E-state index in [1.807, 2.05) is 0 Å². The largest absolute Gasteiger partial charge is 0.361 e. The quantitative estimate of drug-likeness (QED) is 0.228. The number of hydrogen-bond acceptors (Lipinski definition) is 3. The second-order valence-corrected chi connectivity index (χ2v) is 11.8. The molecular weight excluding hydrogens is 536 g/mol. The summed E-state index contributed by atoms with van der Waals surface area (Å²) in [5.74, 6) is 1.38. The van der Waals surface area contributed by atoms with Gasteiger partial charge in [-0.2, -0.15) is 0 Å². The number of fused-ring (bicyclic) bond motifs is 7. The third-order valence-corrected chi connectivity index (χ3v) is 9.39. The number of para-hydroxylation sites is 1. The molecule has 4 atom stereocenters. The van der Waals surface area contributed by atoms with E-state index in [-0.39, 0.29) is 24.2 Å². The lowest BCUT2D eigenvalue weighted by Crippen LogP contribution is -2.39. The summed E-state index contributed by atoms with van der Waals surface area (Å²) in [6.45, 7) is 0. The van der Waals surface area contributed by atoms with Crippen molar-refractivity contribution >= 4 is 33.2 Å². The van der Waals surface area contributed by atoms with Gasteiger partial charge in [0.2, 0.25) is 0 Å². The van der Waals surface area contributed by atoms with Gasteiger partial charge in [-0.05, 0) is 53.1 Å². The highest BCUT2D eigenvalue weighted by Gasteiger charge is 2.41. The average molecular weight is 569 g/mol. The van der Waals surface area contributed by atoms with E-state index >= 15 is 0 Å². The number of nitrogens with zero attached hydrogens (tertiary/aromatic N) is 2. The molecule has 5 aromatic rings. The molecule has 2 N–H and O–H groups in total. The Balaban J connectivity index is 1.19. The maximum atomic E-state index is 3.86. The molecule has 0 saturated heterocycles. The fraction of sp³-hybridized carbons (Fsp3) is 0.100. The van der Waals surface area contributed by atoms with E-state index in [2.05, 4.69) is 178 Å². The minimum atomic E-state index is -0.00904. The molecule has 0 saturated carbocycles. The van der Waals surface area contributed by atoms with Crippen molar-refractivity contribution < 1.29 is 0 Å². The van der Waals surface area contributed by atoms with Crippen LogP contribution in [0.5, 0.6) is 0 Å². The molecule has 44 heavy (non-hydrogen) atoms. The van der Waals surface area contributed by atoms with Crippen LogP contribution in [0.4, 0.5) is 5.69 Å². The van der Waals surface area contributed by atoms with Crippen molar-refractivity contribution in [3.63, 3.8) is 0 Å². The number of hydrogen-bond donors (Lipinski definition) is 2. The lowest BCUT2D eigenvalue weighted by Gasteiger charge is -2.34. The molecule has 0 fully saturated rings. The molecule has 4 nitrogen and oxygen atoms in total. The van der Waals surface area contributed by atoms with Gasteiger partial charge < -0.3 is 20.1 Å². The zero-order valence-corrected chi connectivity index (χ0v) is 24.2. The third-order valence-electron chi connectivity index (χ3n) is 9.39. The first-order chi connectivity index (χ1) is 21.8. The first kappa shape index (κ1) is 25.1. The molecule has 4 aliphatic rings. The van der Waals surface area contributed by atoms with Crippen LogP contribution in [0.3, 0.4) is 0 Å². The Morgan fingerprint density at radius 3 is 2.25 bits per heavy atom. The van der Waals surface area contributed by atoms with Crippen LogP contribution in [0.1, 0.15) is 34.8 Å². The molecule has 0 amide bonds. The van der Waals surface area contributed by atoms with Crippen molar-refractivity contribution in [1.82, 2.24) is 15.2 Å². The Kier molecular flexibility index (Phi) is 5.73. The Morgan fingerprint density at radius 1 is 0.591 bits per heavy atom. The maximum absolute atomic E-state index is 3.86. The minimum absolute atomic E-state index is 0.00904. The summed E-state index contributed by atoms with van der Waals surface area (Å²) >= 11 is 0. The van der Waals surface area contributed by atoms with E-state index in [4.69, 9.17) is 0 Å². The normalized spacial score (nSPS) is 23.2. The Morgan fingerprint density at radius 2 is 1.36 bits per heavy atom. The number of anilines is 1. The zero-order valence-electron chi connectivity index (χ0n) is 24.2. The smallest absolute Gasteiger partial charge is 0.123 e. The molecule has 0 radical (unpaired) electrons. The van der Waals surface area contributed by atoms with Crippen molar-refractivity contribution in [3.8, 4) is 0 Å². The highest BCUT2D eigenvalue weighted by atomic mass is 15.3. The van der Waals surface area contributed by atoms with Crippen LogP contribution < -0.4 is 15.5 Å². The van der Waals surface area contributed by atoms with Crippen LogP contribution in [0.15, 0.2) is 164 Å². The molecule has 212 valence electrons. The topological polar surface area (TPSA) is 32.2 Å². The highest BCUT2D eigenvalue weighted by molar-refractivity contribution is 6.12. The summed E-state index contributed by atoms with van der Waals surface area (Å²) in [6.07, 6.45) is 22.4. The predicted molar refractivity (Wildman–Crippen MR) is 182 cm³/mol. The van der Waals surface area contributed by atoms with Crippen molar-refractivity contribution in [2.45, 2.75) is 24.2 Å². The number of dihydropyridines is 2. The van der Waals surface area contributed by atoms with Gasteiger partial charge in [-0.25, -0.2) is 0 Å². The fourth-order valence-corrected chi connectivity index (χ4v) is 7.49. The van der Waals surface area contributed by atoms with Crippen molar-refractivity contribution in [1.29, 1.82) is 0 Å². The van der Waals surface area contributed by atoms with Gasteiger partial charge in [-0.1, -0.05) is 121 Å².